The van der Waals surface area contributed by atoms with Crippen LogP contribution in [0.2, 0.25) is 0 Å². The number of unbranched alkanes of at least 4 members (excludes halogenated alkanes) is 10. The van der Waals surface area contributed by atoms with Crippen LogP contribution in [0.4, 0.5) is 0 Å². The van der Waals surface area contributed by atoms with Gasteiger partial charge >= 0.3 is 203 Å². The molecule has 0 spiro atoms. The van der Waals surface area contributed by atoms with Crippen LogP contribution in [0.1, 0.15) is 77.6 Å². The molecule has 0 unspecified atom stereocenters. The van der Waals surface area contributed by atoms with Gasteiger partial charge in [-0.3, -0.25) is 0 Å². The van der Waals surface area contributed by atoms with Gasteiger partial charge in [0.1, 0.15) is 0 Å². The van der Waals surface area contributed by atoms with Gasteiger partial charge in [-0.15, -0.1) is 0 Å². The molecule has 186 valence electrons. The average molecular weight is 550 g/mol. The molecule has 0 fully saturated rings. The van der Waals surface area contributed by atoms with Gasteiger partial charge in [0.05, 0.1) is 0 Å². The summed E-state index contributed by atoms with van der Waals surface area (Å²) in [5.41, 5.74) is 0. The zero-order valence-corrected chi connectivity index (χ0v) is 24.0. The summed E-state index contributed by atoms with van der Waals surface area (Å²) in [5, 5.41) is 1.11. The molecule has 0 aliphatic rings. The topological polar surface area (TPSA) is 0 Å². The van der Waals surface area contributed by atoms with E-state index in [2.05, 4.69) is 125 Å². The zero-order valence-electron chi connectivity index (χ0n) is 21.5. The van der Waals surface area contributed by atoms with E-state index in [-0.39, 0.29) is 0 Å². The molecule has 0 aromatic heterocycles. The molecule has 0 radical (unpaired) electrons. The summed E-state index contributed by atoms with van der Waals surface area (Å²) in [4.78, 5) is 0. The molecule has 3 aromatic rings. The fourth-order valence-corrected chi connectivity index (χ4v) is 11.7. The third-order valence-corrected chi connectivity index (χ3v) is 16.4. The molecule has 0 heterocycles. The Kier molecular flexibility index (Phi) is 11.6. The van der Waals surface area contributed by atoms with Gasteiger partial charge in [0, 0.05) is 0 Å². The maximum absolute atomic E-state index is 4.48. The van der Waals surface area contributed by atoms with Gasteiger partial charge in [0.2, 0.25) is 0 Å². The number of halogens is 1. The van der Waals surface area contributed by atoms with Gasteiger partial charge in [-0.1, -0.05) is 19.8 Å². The van der Waals surface area contributed by atoms with Crippen molar-refractivity contribution in [2.45, 2.75) is 77.6 Å². The normalized spacial score (nSPS) is 12.3. The van der Waals surface area contributed by atoms with Crippen LogP contribution in [0.25, 0.3) is 0 Å². The number of benzene rings is 3. The molecular weight excluding hydrogens is 507 g/mol. The van der Waals surface area contributed by atoms with Gasteiger partial charge in [-0.2, -0.15) is 0 Å². The predicted octanol–water partition coefficient (Wildman–Crippen LogP) is 9.14. The molecule has 3 rings (SSSR count). The second-order valence-electron chi connectivity index (χ2n) is 9.63. The second kappa shape index (κ2) is 14.6. The van der Waals surface area contributed by atoms with Crippen molar-refractivity contribution in [2.24, 2.45) is 0 Å². The molecule has 2 heteroatoms. The Morgan fingerprint density at radius 2 is 0.886 bits per heavy atom. The Labute approximate surface area is 222 Å². The van der Waals surface area contributed by atoms with Crippen LogP contribution < -0.4 is 15.9 Å². The van der Waals surface area contributed by atoms with E-state index in [0.717, 1.165) is 12.6 Å². The summed E-state index contributed by atoms with van der Waals surface area (Å²) in [6.07, 6.45) is 15.4. The molecule has 0 amide bonds. The molecule has 0 bridgehead atoms. The van der Waals surface area contributed by atoms with E-state index in [9.17, 15) is 0 Å². The van der Waals surface area contributed by atoms with E-state index >= 15 is 0 Å². The first-order chi connectivity index (χ1) is 17.2. The van der Waals surface area contributed by atoms with Crippen molar-refractivity contribution >= 4 is 36.7 Å². The van der Waals surface area contributed by atoms with Crippen molar-refractivity contribution in [1.29, 1.82) is 0 Å². The Bertz CT molecular complexity index is 935. The van der Waals surface area contributed by atoms with Crippen LogP contribution in [0, 0.1) is 11.8 Å². The van der Waals surface area contributed by atoms with Crippen molar-refractivity contribution in [3.05, 3.63) is 91.0 Å². The van der Waals surface area contributed by atoms with Gasteiger partial charge in [0.25, 0.3) is 0 Å². The van der Waals surface area contributed by atoms with E-state index in [1.165, 1.54) is 80.1 Å². The molecule has 0 N–H and O–H groups in total. The first kappa shape index (κ1) is 27.7. The van der Waals surface area contributed by atoms with E-state index in [1.807, 2.05) is 0 Å². The summed E-state index contributed by atoms with van der Waals surface area (Å²) in [6.45, 7) is 2.29. The monoisotopic (exact) mass is 548 g/mol. The maximum atomic E-state index is 4.48. The van der Waals surface area contributed by atoms with E-state index in [4.69, 9.17) is 0 Å². The molecule has 35 heavy (non-hydrogen) atoms. The minimum absolute atomic E-state index is 0.807. The van der Waals surface area contributed by atoms with E-state index < -0.39 is 5.31 Å². The summed E-state index contributed by atoms with van der Waals surface area (Å²) >= 11 is 4.48. The first-order valence-electron chi connectivity index (χ1n) is 13.6. The number of hydrogen-bond donors (Lipinski definition) is 0. The molecule has 0 saturated carbocycles. The van der Waals surface area contributed by atoms with Crippen LogP contribution in [0.15, 0.2) is 91.0 Å². The third kappa shape index (κ3) is 7.32. The fourth-order valence-electron chi connectivity index (χ4n) is 4.93. The Morgan fingerprint density at radius 1 is 0.514 bits per heavy atom. The quantitative estimate of drug-likeness (QED) is 0.107. The van der Waals surface area contributed by atoms with Crippen molar-refractivity contribution < 1.29 is 0 Å². The van der Waals surface area contributed by atoms with Crippen LogP contribution in [0.3, 0.4) is 0 Å². The summed E-state index contributed by atoms with van der Waals surface area (Å²) in [5.74, 6) is 7.21. The average Bonchev–Trinajstić information content (AvgIpc) is 2.93. The third-order valence-electron chi connectivity index (χ3n) is 7.04. The number of hydrogen-bond acceptors (Lipinski definition) is 0. The molecule has 0 aliphatic heterocycles. The van der Waals surface area contributed by atoms with Gasteiger partial charge in [-0.25, -0.2) is 0 Å². The van der Waals surface area contributed by atoms with Crippen LogP contribution >= 0.6 is 20.8 Å². The summed E-state index contributed by atoms with van der Waals surface area (Å²) < 4.78 is 0. The van der Waals surface area contributed by atoms with Crippen LogP contribution in [0.5, 0.6) is 0 Å². The van der Waals surface area contributed by atoms with Crippen molar-refractivity contribution in [3.63, 3.8) is 0 Å². The van der Waals surface area contributed by atoms with Crippen molar-refractivity contribution in [2.75, 3.05) is 6.16 Å². The predicted molar refractivity (Wildman–Crippen MR) is 163 cm³/mol. The molecule has 3 aromatic carbocycles. The van der Waals surface area contributed by atoms with E-state index in [1.54, 1.807) is 0 Å². The first-order valence-corrected chi connectivity index (χ1v) is 18.0. The Morgan fingerprint density at radius 3 is 1.29 bits per heavy atom. The number of rotatable bonds is 14. The minimum atomic E-state index is -2.90. The van der Waals surface area contributed by atoms with Gasteiger partial charge in [0.15, 0.2) is 0 Å². The summed E-state index contributed by atoms with van der Waals surface area (Å²) in [7, 11) is 0. The molecule has 0 aliphatic carbocycles. The molecule has 0 saturated heterocycles. The standard InChI is InChI=1S/C33H42BrP/c1-2-3-4-5-6-7-8-9-10-11-12-13-23-30-35(34,31-24-17-14-18-25-31,32-26-19-15-20-27-32)33-28-21-16-22-29-33/h14-22,24-29H,2-12,30H2,1H3. The van der Waals surface area contributed by atoms with Gasteiger partial charge < -0.3 is 0 Å². The SMILES string of the molecule is CCCCCCCCCCCCC#CCP(Br)(c1ccccc1)(c1ccccc1)c1ccccc1. The fraction of sp³-hybridized carbons (Fsp3) is 0.394. The van der Waals surface area contributed by atoms with Gasteiger partial charge in [-0.05, 0) is 0 Å². The molecular formula is C33H42BrP. The van der Waals surface area contributed by atoms with Crippen LogP contribution in [-0.4, -0.2) is 6.16 Å². The van der Waals surface area contributed by atoms with Crippen molar-refractivity contribution in [1.82, 2.24) is 0 Å². The van der Waals surface area contributed by atoms with Crippen LogP contribution in [-0.2, 0) is 0 Å². The second-order valence-corrected chi connectivity index (χ2v) is 18.6. The molecule has 0 nitrogen and oxygen atoms in total. The Balaban J connectivity index is 1.69. The molecule has 0 atom stereocenters. The van der Waals surface area contributed by atoms with E-state index in [0.29, 0.717) is 0 Å². The van der Waals surface area contributed by atoms with Crippen molar-refractivity contribution in [3.8, 4) is 11.8 Å². The Hall–Kier alpha value is -1.87. The summed E-state index contributed by atoms with van der Waals surface area (Å²) in [6, 6.07) is 32.9. The zero-order chi connectivity index (χ0) is 24.7.